The second kappa shape index (κ2) is 10.9. The molecule has 0 spiro atoms. The van der Waals surface area contributed by atoms with Gasteiger partial charge in [-0.3, -0.25) is 4.79 Å². The van der Waals surface area contributed by atoms with E-state index in [1.54, 1.807) is 0 Å². The lowest BCUT2D eigenvalue weighted by Gasteiger charge is -2.54. The van der Waals surface area contributed by atoms with E-state index in [2.05, 4.69) is 15.7 Å². The van der Waals surface area contributed by atoms with Gasteiger partial charge in [0.05, 0.1) is 16.4 Å². The van der Waals surface area contributed by atoms with Gasteiger partial charge in [0.15, 0.2) is 5.69 Å². The molecule has 4 fully saturated rings. The normalized spacial score (nSPS) is 25.4. The van der Waals surface area contributed by atoms with Gasteiger partial charge in [0.2, 0.25) is 0 Å². The summed E-state index contributed by atoms with van der Waals surface area (Å²) >= 11 is 18.4. The molecule has 40 heavy (non-hydrogen) atoms. The van der Waals surface area contributed by atoms with Crippen molar-refractivity contribution in [1.82, 2.24) is 20.4 Å². The number of alkyl halides is 3. The van der Waals surface area contributed by atoms with Crippen molar-refractivity contribution in [2.75, 3.05) is 13.1 Å². The highest BCUT2D eigenvalue weighted by molar-refractivity contribution is 6.35. The Balaban J connectivity index is 1.27. The molecule has 4 saturated carbocycles. The maximum Gasteiger partial charge on any atom is 0.420 e. The average molecular weight is 612 g/mol. The molecule has 4 bridgehead atoms. The predicted molar refractivity (Wildman–Crippen MR) is 150 cm³/mol. The number of amides is 1. The summed E-state index contributed by atoms with van der Waals surface area (Å²) in [5.74, 6) is 2.11. The molecule has 4 aliphatic carbocycles. The number of nitrogens with one attached hydrogen (secondary N) is 2. The molecule has 1 amide bonds. The number of benzene rings is 2. The number of rotatable bonds is 7. The van der Waals surface area contributed by atoms with Crippen molar-refractivity contribution in [2.24, 2.45) is 23.7 Å². The van der Waals surface area contributed by atoms with E-state index in [0.29, 0.717) is 34.5 Å². The summed E-state index contributed by atoms with van der Waals surface area (Å²) in [5.41, 5.74) is -1.85. The van der Waals surface area contributed by atoms with Gasteiger partial charge in [0.1, 0.15) is 5.56 Å². The Hall–Kier alpha value is -2.26. The maximum atomic E-state index is 14.6. The lowest BCUT2D eigenvalue weighted by molar-refractivity contribution is -0.137. The van der Waals surface area contributed by atoms with E-state index in [4.69, 9.17) is 34.8 Å². The van der Waals surface area contributed by atoms with Crippen LogP contribution in [0.4, 0.5) is 13.2 Å². The van der Waals surface area contributed by atoms with Crippen LogP contribution < -0.4 is 10.6 Å². The first-order valence-corrected chi connectivity index (χ1v) is 14.6. The summed E-state index contributed by atoms with van der Waals surface area (Å²) in [7, 11) is 0. The predicted octanol–water partition coefficient (Wildman–Crippen LogP) is 7.66. The molecule has 1 aromatic heterocycles. The number of carbonyl (C=O) groups is 1. The molecule has 11 heteroatoms. The fourth-order valence-electron chi connectivity index (χ4n) is 7.30. The first-order valence-electron chi connectivity index (χ1n) is 13.5. The fourth-order valence-corrected chi connectivity index (χ4v) is 7.92. The van der Waals surface area contributed by atoms with E-state index in [0.717, 1.165) is 16.5 Å². The van der Waals surface area contributed by atoms with Crippen molar-refractivity contribution >= 4 is 40.7 Å². The van der Waals surface area contributed by atoms with Crippen LogP contribution in [0, 0.1) is 23.7 Å². The second-order valence-corrected chi connectivity index (χ2v) is 12.5. The minimum absolute atomic E-state index is 0.0887. The van der Waals surface area contributed by atoms with Crippen LogP contribution in [0.25, 0.3) is 16.9 Å². The van der Waals surface area contributed by atoms with Gasteiger partial charge in [-0.05, 0) is 86.1 Å². The monoisotopic (exact) mass is 610 g/mol. The van der Waals surface area contributed by atoms with Crippen molar-refractivity contribution < 1.29 is 18.0 Å². The third-order valence-electron chi connectivity index (χ3n) is 8.66. The van der Waals surface area contributed by atoms with E-state index in [1.165, 1.54) is 74.6 Å². The quantitative estimate of drug-likeness (QED) is 0.270. The van der Waals surface area contributed by atoms with Gasteiger partial charge in [-0.25, -0.2) is 4.68 Å². The van der Waals surface area contributed by atoms with Crippen LogP contribution in [-0.4, -0.2) is 34.8 Å². The number of aromatic nitrogens is 2. The summed E-state index contributed by atoms with van der Waals surface area (Å²) in [4.78, 5) is 13.2. The molecule has 7 rings (SSSR count). The molecule has 0 saturated heterocycles. The molecule has 1 heterocycles. The van der Waals surface area contributed by atoms with Gasteiger partial charge >= 0.3 is 6.18 Å². The summed E-state index contributed by atoms with van der Waals surface area (Å²) < 4.78 is 44.8. The van der Waals surface area contributed by atoms with Crippen LogP contribution in [0.3, 0.4) is 0 Å². The van der Waals surface area contributed by atoms with Gasteiger partial charge in [-0.1, -0.05) is 46.9 Å². The third kappa shape index (κ3) is 5.36. The van der Waals surface area contributed by atoms with Gasteiger partial charge < -0.3 is 10.6 Å². The molecule has 4 aliphatic rings. The zero-order chi connectivity index (χ0) is 28.2. The summed E-state index contributed by atoms with van der Waals surface area (Å²) in [5, 5.41) is 11.2. The molecular weight excluding hydrogens is 584 g/mol. The van der Waals surface area contributed by atoms with E-state index >= 15 is 0 Å². The van der Waals surface area contributed by atoms with E-state index in [-0.39, 0.29) is 28.5 Å². The molecule has 212 valence electrons. The summed E-state index contributed by atoms with van der Waals surface area (Å²) in [6.45, 7) is 0.664. The highest BCUT2D eigenvalue weighted by Gasteiger charge is 2.48. The maximum absolute atomic E-state index is 14.6. The van der Waals surface area contributed by atoms with Crippen molar-refractivity contribution in [1.29, 1.82) is 0 Å². The standard InChI is InChI=1S/C29H28Cl3F3N4O/c30-20-3-1-17(2-4-20)27-24(29(33,34)35)26(38-39(27)23-6-5-21(31)14-22(23)32)28(40)37-8-7-36-25-18-10-15-9-16(12-18)13-19(25)11-15/h1-6,14-16,18-19,25,36H,7-13H2,(H,37,40)/t15-,16+,18-,19+,25?. The number of hydrogen-bond donors (Lipinski definition) is 2. The topological polar surface area (TPSA) is 59.0 Å². The molecular formula is C29H28Cl3F3N4O. The van der Waals surface area contributed by atoms with Crippen molar-refractivity contribution in [3.05, 3.63) is 68.8 Å². The highest BCUT2D eigenvalue weighted by atomic mass is 35.5. The summed E-state index contributed by atoms with van der Waals surface area (Å²) in [6.07, 6.45) is 1.50. The van der Waals surface area contributed by atoms with Crippen LogP contribution >= 0.6 is 34.8 Å². The zero-order valence-electron chi connectivity index (χ0n) is 21.4. The second-order valence-electron chi connectivity index (χ2n) is 11.3. The van der Waals surface area contributed by atoms with E-state index in [1.807, 2.05) is 0 Å². The lowest BCUT2D eigenvalue weighted by Crippen LogP contribution is -2.55. The highest BCUT2D eigenvalue weighted by Crippen LogP contribution is 2.53. The Bertz CT molecular complexity index is 1400. The van der Waals surface area contributed by atoms with Gasteiger partial charge in [-0.2, -0.15) is 18.3 Å². The SMILES string of the molecule is O=C(NCCNC1[C@H]2C[C@@H]3C[C@@H](C[C@H]1C3)C2)c1nn(-c2ccc(Cl)cc2Cl)c(-c2ccc(Cl)cc2)c1C(F)(F)F. The minimum Gasteiger partial charge on any atom is -0.349 e. The molecule has 3 aromatic rings. The van der Waals surface area contributed by atoms with Gasteiger partial charge in [-0.15, -0.1) is 0 Å². The van der Waals surface area contributed by atoms with Crippen molar-refractivity contribution in [2.45, 2.75) is 44.3 Å². The molecule has 5 nitrogen and oxygen atoms in total. The Morgan fingerprint density at radius 2 is 1.52 bits per heavy atom. The Labute approximate surface area is 245 Å². The molecule has 0 atom stereocenters. The average Bonchev–Trinajstić information content (AvgIpc) is 3.29. The zero-order valence-corrected chi connectivity index (χ0v) is 23.7. The minimum atomic E-state index is -4.88. The van der Waals surface area contributed by atoms with Crippen LogP contribution in [0.2, 0.25) is 15.1 Å². The van der Waals surface area contributed by atoms with E-state index in [9.17, 15) is 18.0 Å². The molecule has 0 radical (unpaired) electrons. The first-order chi connectivity index (χ1) is 19.1. The number of nitrogens with zero attached hydrogens (tertiary/aromatic N) is 2. The number of hydrogen-bond acceptors (Lipinski definition) is 3. The van der Waals surface area contributed by atoms with Gasteiger partial charge in [0.25, 0.3) is 5.91 Å². The van der Waals surface area contributed by atoms with Crippen LogP contribution in [-0.2, 0) is 6.18 Å². The number of carbonyl (C=O) groups excluding carboxylic acids is 1. The first kappa shape index (κ1) is 27.9. The number of halogens is 6. The van der Waals surface area contributed by atoms with E-state index < -0.39 is 23.3 Å². The molecule has 2 aromatic carbocycles. The Kier molecular flexibility index (Phi) is 7.57. The summed E-state index contributed by atoms with van der Waals surface area (Å²) in [6, 6.07) is 10.7. The lowest BCUT2D eigenvalue weighted by atomic mass is 9.54. The van der Waals surface area contributed by atoms with Crippen molar-refractivity contribution in [3.63, 3.8) is 0 Å². The molecule has 2 N–H and O–H groups in total. The third-order valence-corrected chi connectivity index (χ3v) is 9.45. The van der Waals surface area contributed by atoms with Crippen LogP contribution in [0.5, 0.6) is 0 Å². The molecule has 0 aliphatic heterocycles. The van der Waals surface area contributed by atoms with Gasteiger partial charge in [0, 0.05) is 34.7 Å². The Morgan fingerprint density at radius 3 is 2.12 bits per heavy atom. The molecule has 0 unspecified atom stereocenters. The Morgan fingerprint density at radius 1 is 0.900 bits per heavy atom. The fraction of sp³-hybridized carbons (Fsp3) is 0.448. The van der Waals surface area contributed by atoms with Crippen molar-refractivity contribution in [3.8, 4) is 16.9 Å². The van der Waals surface area contributed by atoms with Crippen LogP contribution in [0.15, 0.2) is 42.5 Å². The largest absolute Gasteiger partial charge is 0.420 e. The van der Waals surface area contributed by atoms with Crippen LogP contribution in [0.1, 0.15) is 48.2 Å². The smallest absolute Gasteiger partial charge is 0.349 e.